The lowest BCUT2D eigenvalue weighted by Crippen LogP contribution is -2.59. The van der Waals surface area contributed by atoms with Gasteiger partial charge in [0, 0.05) is 12.5 Å². The van der Waals surface area contributed by atoms with E-state index in [2.05, 4.69) is 10.6 Å². The zero-order valence-corrected chi connectivity index (χ0v) is 16.8. The Morgan fingerprint density at radius 2 is 1.63 bits per heavy atom. The first-order chi connectivity index (χ1) is 12.7. The lowest BCUT2D eigenvalue weighted by Gasteiger charge is -2.36. The molecule has 0 radical (unpaired) electrons. The molecule has 0 spiro atoms. The van der Waals surface area contributed by atoms with E-state index in [1.54, 1.807) is 13.8 Å². The highest BCUT2D eigenvalue weighted by atomic mass is 16.3. The summed E-state index contributed by atoms with van der Waals surface area (Å²) in [5, 5.41) is 15.4. The molecule has 2 amide bonds. The van der Waals surface area contributed by atoms with Crippen molar-refractivity contribution in [2.24, 2.45) is 22.8 Å². The van der Waals surface area contributed by atoms with Crippen molar-refractivity contribution in [2.75, 3.05) is 13.1 Å². The summed E-state index contributed by atoms with van der Waals surface area (Å²) in [4.78, 5) is 37.8. The van der Waals surface area contributed by atoms with Crippen LogP contribution in [0.5, 0.6) is 0 Å². The Balaban J connectivity index is 2.88. The molecular formula is C19H36N4O4. The van der Waals surface area contributed by atoms with Crippen LogP contribution in [0.15, 0.2) is 0 Å². The van der Waals surface area contributed by atoms with Gasteiger partial charge in [-0.1, -0.05) is 33.1 Å². The molecule has 0 aromatic heterocycles. The quantitative estimate of drug-likeness (QED) is 0.353. The van der Waals surface area contributed by atoms with Gasteiger partial charge in [-0.3, -0.25) is 14.4 Å². The van der Waals surface area contributed by atoms with Crippen molar-refractivity contribution < 1.29 is 19.5 Å². The molecular weight excluding hydrogens is 348 g/mol. The molecule has 1 aliphatic carbocycles. The number of hydrogen-bond acceptors (Lipinski definition) is 6. The Labute approximate surface area is 161 Å². The van der Waals surface area contributed by atoms with Gasteiger partial charge in [-0.05, 0) is 32.7 Å². The molecule has 27 heavy (non-hydrogen) atoms. The first-order valence-corrected chi connectivity index (χ1v) is 9.91. The van der Waals surface area contributed by atoms with Crippen LogP contribution in [0, 0.1) is 11.3 Å². The number of amides is 2. The van der Waals surface area contributed by atoms with Gasteiger partial charge in [-0.2, -0.15) is 0 Å². The van der Waals surface area contributed by atoms with Gasteiger partial charge in [-0.15, -0.1) is 0 Å². The lowest BCUT2D eigenvalue weighted by molar-refractivity contribution is -0.139. The molecule has 156 valence electrons. The van der Waals surface area contributed by atoms with E-state index in [-0.39, 0.29) is 30.7 Å². The summed E-state index contributed by atoms with van der Waals surface area (Å²) in [6, 6.07) is -1.89. The molecule has 0 aromatic rings. The summed E-state index contributed by atoms with van der Waals surface area (Å²) < 4.78 is 0. The standard InChI is InChI=1S/C19H36N4O4/c1-12(2)16(25)14(7-10-20)22-17(26)15(13(3)24)23-18(27)19(11-21)8-5-4-6-9-19/h12-15,24H,4-11,20-21H2,1-3H3,(H,22,26)(H,23,27)/t13?,14-,15-/m0/s1. The molecule has 8 nitrogen and oxygen atoms in total. The molecule has 1 aliphatic rings. The molecule has 0 aliphatic heterocycles. The van der Waals surface area contributed by atoms with E-state index >= 15 is 0 Å². The van der Waals surface area contributed by atoms with E-state index in [0.717, 1.165) is 19.3 Å². The van der Waals surface area contributed by atoms with Gasteiger partial charge < -0.3 is 27.2 Å². The van der Waals surface area contributed by atoms with E-state index in [4.69, 9.17) is 11.5 Å². The number of aliphatic hydroxyl groups is 1. The molecule has 1 unspecified atom stereocenters. The topological polar surface area (TPSA) is 148 Å². The van der Waals surface area contributed by atoms with Crippen LogP contribution in [-0.2, 0) is 14.4 Å². The third kappa shape index (κ3) is 6.26. The zero-order valence-electron chi connectivity index (χ0n) is 16.8. The highest BCUT2D eigenvalue weighted by Gasteiger charge is 2.41. The maximum absolute atomic E-state index is 12.9. The highest BCUT2D eigenvalue weighted by molar-refractivity contribution is 5.94. The normalized spacial score (nSPS) is 19.8. The number of carbonyl (C=O) groups excluding carboxylic acids is 3. The minimum atomic E-state index is -1.15. The van der Waals surface area contributed by atoms with Crippen LogP contribution in [0.1, 0.15) is 59.3 Å². The van der Waals surface area contributed by atoms with Gasteiger partial charge in [0.2, 0.25) is 11.8 Å². The van der Waals surface area contributed by atoms with Gasteiger partial charge in [0.25, 0.3) is 0 Å². The predicted octanol–water partition coefficient (Wildman–Crippen LogP) is -0.180. The molecule has 1 rings (SSSR count). The predicted molar refractivity (Wildman–Crippen MR) is 104 cm³/mol. The summed E-state index contributed by atoms with van der Waals surface area (Å²) in [5.41, 5.74) is 10.7. The van der Waals surface area contributed by atoms with Gasteiger partial charge in [0.05, 0.1) is 17.6 Å². The molecule has 8 heteroatoms. The molecule has 7 N–H and O–H groups in total. The largest absolute Gasteiger partial charge is 0.391 e. The number of Topliss-reactive ketones (excluding diaryl/α,β-unsaturated/α-hetero) is 1. The van der Waals surface area contributed by atoms with E-state index in [0.29, 0.717) is 19.3 Å². The number of ketones is 1. The van der Waals surface area contributed by atoms with Gasteiger partial charge >= 0.3 is 0 Å². The van der Waals surface area contributed by atoms with Crippen molar-refractivity contribution in [1.29, 1.82) is 0 Å². The minimum Gasteiger partial charge on any atom is -0.391 e. The van der Waals surface area contributed by atoms with Gasteiger partial charge in [-0.25, -0.2) is 0 Å². The van der Waals surface area contributed by atoms with Crippen LogP contribution in [0.25, 0.3) is 0 Å². The van der Waals surface area contributed by atoms with Crippen molar-refractivity contribution >= 4 is 17.6 Å². The first kappa shape index (κ1) is 23.5. The fourth-order valence-corrected chi connectivity index (χ4v) is 3.57. The Morgan fingerprint density at radius 1 is 1.04 bits per heavy atom. The first-order valence-electron chi connectivity index (χ1n) is 9.91. The Morgan fingerprint density at radius 3 is 2.07 bits per heavy atom. The highest BCUT2D eigenvalue weighted by Crippen LogP contribution is 2.35. The van der Waals surface area contributed by atoms with E-state index in [9.17, 15) is 19.5 Å². The van der Waals surface area contributed by atoms with Crippen LogP contribution in [0.2, 0.25) is 0 Å². The Bertz CT molecular complexity index is 516. The zero-order chi connectivity index (χ0) is 20.6. The van der Waals surface area contributed by atoms with Gasteiger partial charge in [0.1, 0.15) is 6.04 Å². The summed E-state index contributed by atoms with van der Waals surface area (Å²) in [6.45, 7) is 5.38. The minimum absolute atomic E-state index is 0.129. The van der Waals surface area contributed by atoms with E-state index in [1.165, 1.54) is 6.92 Å². The molecule has 3 atom stereocenters. The number of nitrogens with one attached hydrogen (secondary N) is 2. The van der Waals surface area contributed by atoms with E-state index in [1.807, 2.05) is 0 Å². The number of aliphatic hydroxyl groups excluding tert-OH is 1. The Kier molecular flexibility index (Phi) is 9.35. The average molecular weight is 385 g/mol. The third-order valence-corrected chi connectivity index (χ3v) is 5.42. The summed E-state index contributed by atoms with van der Waals surface area (Å²) in [7, 11) is 0. The van der Waals surface area contributed by atoms with Crippen molar-refractivity contribution in [3.05, 3.63) is 0 Å². The smallest absolute Gasteiger partial charge is 0.245 e. The van der Waals surface area contributed by atoms with E-state index < -0.39 is 29.5 Å². The second-order valence-corrected chi connectivity index (χ2v) is 7.93. The molecule has 0 aromatic carbocycles. The van der Waals surface area contributed by atoms with Crippen molar-refractivity contribution in [1.82, 2.24) is 10.6 Å². The monoisotopic (exact) mass is 384 g/mol. The maximum atomic E-state index is 12.9. The summed E-state index contributed by atoms with van der Waals surface area (Å²) >= 11 is 0. The third-order valence-electron chi connectivity index (χ3n) is 5.42. The van der Waals surface area contributed by atoms with Crippen molar-refractivity contribution in [3.63, 3.8) is 0 Å². The number of carbonyl (C=O) groups is 3. The fourth-order valence-electron chi connectivity index (χ4n) is 3.57. The van der Waals surface area contributed by atoms with Crippen LogP contribution in [0.4, 0.5) is 0 Å². The number of hydrogen-bond donors (Lipinski definition) is 5. The second-order valence-electron chi connectivity index (χ2n) is 7.93. The maximum Gasteiger partial charge on any atom is 0.245 e. The fraction of sp³-hybridized carbons (Fsp3) is 0.842. The molecule has 0 saturated heterocycles. The van der Waals surface area contributed by atoms with Crippen molar-refractivity contribution in [3.8, 4) is 0 Å². The van der Waals surface area contributed by atoms with Gasteiger partial charge in [0.15, 0.2) is 5.78 Å². The Hall–Kier alpha value is -1.51. The lowest BCUT2D eigenvalue weighted by atomic mass is 9.73. The molecule has 1 saturated carbocycles. The van der Waals surface area contributed by atoms with Crippen LogP contribution < -0.4 is 22.1 Å². The average Bonchev–Trinajstić information content (AvgIpc) is 2.64. The van der Waals surface area contributed by atoms with Crippen molar-refractivity contribution in [2.45, 2.75) is 77.5 Å². The van der Waals surface area contributed by atoms with Crippen LogP contribution >= 0.6 is 0 Å². The van der Waals surface area contributed by atoms with Crippen LogP contribution in [-0.4, -0.2) is 54.0 Å². The number of nitrogens with two attached hydrogens (primary N) is 2. The molecule has 0 heterocycles. The van der Waals surface area contributed by atoms with Crippen LogP contribution in [0.3, 0.4) is 0 Å². The molecule has 1 fully saturated rings. The number of rotatable bonds is 10. The SMILES string of the molecule is CC(C)C(=O)[C@H](CCN)NC(=O)[C@@H](NC(=O)C1(CN)CCCCC1)C(C)O. The summed E-state index contributed by atoms with van der Waals surface area (Å²) in [5.74, 6) is -1.29. The second kappa shape index (κ2) is 10.7. The summed E-state index contributed by atoms with van der Waals surface area (Å²) in [6.07, 6.45) is 3.43. The molecule has 0 bridgehead atoms.